The highest BCUT2D eigenvalue weighted by atomic mass is 127. The predicted octanol–water partition coefficient (Wildman–Crippen LogP) is 2.50. The second-order valence-electron chi connectivity index (χ2n) is 5.16. The van der Waals surface area contributed by atoms with Gasteiger partial charge in [-0.25, -0.2) is 17.9 Å². The molecule has 0 unspecified atom stereocenters. The zero-order valence-corrected chi connectivity index (χ0v) is 15.5. The fraction of sp³-hybridized carbons (Fsp3) is 0. The van der Waals surface area contributed by atoms with Crippen molar-refractivity contribution in [1.82, 2.24) is 10.2 Å². The zero-order chi connectivity index (χ0) is 18.2. The number of anilines is 2. The van der Waals surface area contributed by atoms with Crippen LogP contribution < -0.4 is 16.0 Å². The van der Waals surface area contributed by atoms with Gasteiger partial charge in [-0.1, -0.05) is 0 Å². The van der Waals surface area contributed by atoms with E-state index in [-0.39, 0.29) is 16.8 Å². The van der Waals surface area contributed by atoms with Gasteiger partial charge in [0, 0.05) is 26.7 Å². The van der Waals surface area contributed by atoms with Crippen molar-refractivity contribution in [2.24, 2.45) is 5.14 Å². The van der Waals surface area contributed by atoms with E-state index in [1.807, 2.05) is 12.1 Å². The first kappa shape index (κ1) is 17.6. The molecule has 10 heteroatoms. The summed E-state index contributed by atoms with van der Waals surface area (Å²) in [5.74, 6) is -1.04. The summed E-state index contributed by atoms with van der Waals surface area (Å²) in [7, 11) is -4.26. The molecule has 0 bridgehead atoms. The van der Waals surface area contributed by atoms with Crippen molar-refractivity contribution in [1.29, 1.82) is 0 Å². The minimum absolute atomic E-state index is 0.160. The van der Waals surface area contributed by atoms with E-state index in [9.17, 15) is 17.6 Å². The first-order valence-electron chi connectivity index (χ1n) is 6.91. The molecule has 1 aromatic heterocycles. The van der Waals surface area contributed by atoms with Gasteiger partial charge in [0.25, 0.3) is 5.56 Å². The quantitative estimate of drug-likeness (QED) is 0.435. The average molecular weight is 474 g/mol. The molecule has 3 rings (SSSR count). The van der Waals surface area contributed by atoms with Crippen molar-refractivity contribution in [2.75, 3.05) is 5.32 Å². The summed E-state index contributed by atoms with van der Waals surface area (Å²) in [6.45, 7) is 0. The number of H-pyrrole nitrogens is 2. The van der Waals surface area contributed by atoms with Crippen LogP contribution in [0.2, 0.25) is 0 Å². The number of nitrogens with two attached hydrogens (primary N) is 1. The normalized spacial score (nSPS) is 11.5. The molecule has 1 heterocycles. The van der Waals surface area contributed by atoms with Gasteiger partial charge in [-0.15, -0.1) is 0 Å². The maximum absolute atomic E-state index is 14.2. The smallest absolute Gasteiger partial charge is 0.271 e. The Hall–Kier alpha value is -2.18. The Bertz CT molecular complexity index is 1090. The third-order valence-corrected chi connectivity index (χ3v) is 5.08. The zero-order valence-electron chi connectivity index (χ0n) is 12.5. The fourth-order valence-electron chi connectivity index (χ4n) is 2.29. The van der Waals surface area contributed by atoms with Crippen LogP contribution in [0.4, 0.5) is 15.8 Å². The highest BCUT2D eigenvalue weighted by Gasteiger charge is 2.20. The van der Waals surface area contributed by atoms with E-state index in [1.54, 1.807) is 12.1 Å². The molecule has 0 fully saturated rings. The van der Waals surface area contributed by atoms with Crippen molar-refractivity contribution in [3.63, 3.8) is 0 Å². The number of hydrogen-bond donors (Lipinski definition) is 4. The molecule has 130 valence electrons. The van der Waals surface area contributed by atoms with Gasteiger partial charge in [0.15, 0.2) is 0 Å². The molecule has 0 saturated heterocycles. The second kappa shape index (κ2) is 6.61. The monoisotopic (exact) mass is 474 g/mol. The summed E-state index contributed by atoms with van der Waals surface area (Å²) in [5.41, 5.74) is 0.768. The molecule has 0 atom stereocenters. The first-order valence-corrected chi connectivity index (χ1v) is 9.53. The Morgan fingerprint density at radius 3 is 2.36 bits per heavy atom. The van der Waals surface area contributed by atoms with E-state index in [1.165, 1.54) is 6.20 Å². The summed E-state index contributed by atoms with van der Waals surface area (Å²) in [6, 6.07) is 9.27. The molecule has 7 nitrogen and oxygen atoms in total. The van der Waals surface area contributed by atoms with E-state index < -0.39 is 26.3 Å². The molecular formula is C15H12FIN4O3S. The minimum atomic E-state index is -4.26. The molecule has 0 amide bonds. The minimum Gasteiger partial charge on any atom is -0.355 e. The van der Waals surface area contributed by atoms with Crippen LogP contribution in [-0.4, -0.2) is 18.6 Å². The van der Waals surface area contributed by atoms with Crippen LogP contribution in [0.25, 0.3) is 11.1 Å². The molecule has 0 aliphatic carbocycles. The molecule has 3 aromatic rings. The van der Waals surface area contributed by atoms with Crippen molar-refractivity contribution in [2.45, 2.75) is 4.90 Å². The van der Waals surface area contributed by atoms with Crippen LogP contribution >= 0.6 is 22.6 Å². The van der Waals surface area contributed by atoms with Crippen LogP contribution in [0.5, 0.6) is 0 Å². The lowest BCUT2D eigenvalue weighted by Crippen LogP contribution is -2.15. The Balaban J connectivity index is 2.20. The molecule has 25 heavy (non-hydrogen) atoms. The van der Waals surface area contributed by atoms with Gasteiger partial charge in [-0.2, -0.15) is 0 Å². The van der Waals surface area contributed by atoms with Gasteiger partial charge >= 0.3 is 0 Å². The molecular weight excluding hydrogens is 462 g/mol. The Morgan fingerprint density at radius 2 is 1.80 bits per heavy atom. The maximum Gasteiger partial charge on any atom is 0.271 e. The van der Waals surface area contributed by atoms with Gasteiger partial charge in [-0.3, -0.25) is 9.89 Å². The van der Waals surface area contributed by atoms with Gasteiger partial charge in [-0.05, 0) is 59.0 Å². The molecule has 0 aliphatic rings. The van der Waals surface area contributed by atoms with Crippen LogP contribution in [-0.2, 0) is 10.0 Å². The number of sulfonamides is 1. The van der Waals surface area contributed by atoms with Crippen LogP contribution in [0.15, 0.2) is 52.3 Å². The summed E-state index contributed by atoms with van der Waals surface area (Å²) in [5, 5.41) is 12.9. The number of rotatable bonds is 4. The molecule has 0 radical (unpaired) electrons. The third kappa shape index (κ3) is 3.75. The van der Waals surface area contributed by atoms with E-state index >= 15 is 0 Å². The van der Waals surface area contributed by atoms with Crippen LogP contribution in [0, 0.1) is 9.39 Å². The van der Waals surface area contributed by atoms with Crippen molar-refractivity contribution in [3.05, 3.63) is 62.3 Å². The van der Waals surface area contributed by atoms with Gasteiger partial charge in [0.05, 0.1) is 5.56 Å². The summed E-state index contributed by atoms with van der Waals surface area (Å²) in [6.07, 6.45) is 1.37. The number of primary sulfonamides is 1. The third-order valence-electron chi connectivity index (χ3n) is 3.44. The number of halogens is 2. The molecule has 0 aliphatic heterocycles. The van der Waals surface area contributed by atoms with E-state index in [0.29, 0.717) is 5.69 Å². The topological polar surface area (TPSA) is 121 Å². The van der Waals surface area contributed by atoms with E-state index in [2.05, 4.69) is 38.1 Å². The fourth-order valence-corrected chi connectivity index (χ4v) is 3.27. The molecule has 2 aromatic carbocycles. The Kier molecular flexibility index (Phi) is 4.67. The van der Waals surface area contributed by atoms with Gasteiger partial charge in [0.2, 0.25) is 10.0 Å². The van der Waals surface area contributed by atoms with Crippen molar-refractivity contribution in [3.8, 4) is 11.1 Å². The number of aromatic nitrogens is 2. The lowest BCUT2D eigenvalue weighted by atomic mass is 10.1. The Morgan fingerprint density at radius 1 is 1.12 bits per heavy atom. The number of aromatic amines is 2. The largest absolute Gasteiger partial charge is 0.355 e. The second-order valence-corrected chi connectivity index (χ2v) is 7.94. The highest BCUT2D eigenvalue weighted by molar-refractivity contribution is 14.1. The van der Waals surface area contributed by atoms with Crippen LogP contribution in [0.1, 0.15) is 0 Å². The predicted molar refractivity (Wildman–Crippen MR) is 101 cm³/mol. The summed E-state index contributed by atoms with van der Waals surface area (Å²) < 4.78 is 38.4. The maximum atomic E-state index is 14.2. The van der Waals surface area contributed by atoms with Gasteiger partial charge in [0.1, 0.15) is 10.7 Å². The van der Waals surface area contributed by atoms with Crippen molar-refractivity contribution < 1.29 is 12.8 Å². The van der Waals surface area contributed by atoms with Gasteiger partial charge < -0.3 is 10.4 Å². The molecule has 5 N–H and O–H groups in total. The number of benzene rings is 2. The standard InChI is InChI=1S/C15H12FIN4O3S/c16-12-5-10(11-7-19-21-15(11)22)13(6-14(12)25(18,23)24)20-9-3-1-8(17)2-4-9/h1-7,20H,(H2,18,23,24)(H2,19,21,22). The summed E-state index contributed by atoms with van der Waals surface area (Å²) in [4.78, 5) is 11.2. The lowest BCUT2D eigenvalue weighted by molar-refractivity contribution is 0.568. The molecule has 0 spiro atoms. The summed E-state index contributed by atoms with van der Waals surface area (Å²) >= 11 is 2.14. The SMILES string of the molecule is NS(=O)(=O)c1cc(Nc2ccc(I)cc2)c(-c2c[nH][nH]c2=O)cc1F. The van der Waals surface area contributed by atoms with Crippen molar-refractivity contribution >= 4 is 44.0 Å². The lowest BCUT2D eigenvalue weighted by Gasteiger charge is -2.13. The molecule has 0 saturated carbocycles. The average Bonchev–Trinajstić information content (AvgIpc) is 2.95. The van der Waals surface area contributed by atoms with E-state index in [4.69, 9.17) is 5.14 Å². The van der Waals surface area contributed by atoms with Crippen LogP contribution in [0.3, 0.4) is 0 Å². The highest BCUT2D eigenvalue weighted by Crippen LogP contribution is 2.32. The number of hydrogen-bond acceptors (Lipinski definition) is 4. The number of nitrogens with one attached hydrogen (secondary N) is 3. The first-order chi connectivity index (χ1) is 11.8. The van der Waals surface area contributed by atoms with E-state index in [0.717, 1.165) is 15.7 Å². The Labute approximate surface area is 155 Å².